The van der Waals surface area contributed by atoms with E-state index in [1.165, 1.54) is 11.1 Å². The van der Waals surface area contributed by atoms with Crippen molar-refractivity contribution in [3.63, 3.8) is 0 Å². The molecule has 0 amide bonds. The number of amidine groups is 1. The van der Waals surface area contributed by atoms with Crippen LogP contribution in [0.3, 0.4) is 0 Å². The summed E-state index contributed by atoms with van der Waals surface area (Å²) in [4.78, 5) is 8.95. The van der Waals surface area contributed by atoms with Gasteiger partial charge >= 0.3 is 0 Å². The second-order valence-electron chi connectivity index (χ2n) is 5.83. The quantitative estimate of drug-likeness (QED) is 0.930. The molecule has 116 valence electrons. The lowest BCUT2D eigenvalue weighted by Crippen LogP contribution is -2.27. The molecule has 0 aromatic carbocycles. The van der Waals surface area contributed by atoms with Gasteiger partial charge in [0.25, 0.3) is 6.02 Å². The summed E-state index contributed by atoms with van der Waals surface area (Å²) in [6, 6.07) is 0.329. The minimum Gasteiger partial charge on any atom is -0.463 e. The van der Waals surface area contributed by atoms with Crippen molar-refractivity contribution >= 4 is 17.4 Å². The van der Waals surface area contributed by atoms with Crippen molar-refractivity contribution in [2.45, 2.75) is 37.6 Å². The molecule has 1 spiro atoms. The van der Waals surface area contributed by atoms with E-state index in [9.17, 15) is 0 Å². The molecular weight excluding hydrogens is 294 g/mol. The third-order valence-electron chi connectivity index (χ3n) is 4.22. The van der Waals surface area contributed by atoms with Gasteiger partial charge in [0.15, 0.2) is 0 Å². The monoisotopic (exact) mass is 315 g/mol. The van der Waals surface area contributed by atoms with Crippen LogP contribution in [0.5, 0.6) is 0 Å². The van der Waals surface area contributed by atoms with E-state index in [1.54, 1.807) is 11.3 Å². The molecule has 1 aliphatic carbocycles. The Bertz CT molecular complexity index is 630. The summed E-state index contributed by atoms with van der Waals surface area (Å²) in [5.41, 5.74) is 11.2. The molecule has 1 aromatic heterocycles. The first kappa shape index (κ1) is 15.0. The zero-order valence-electron chi connectivity index (χ0n) is 12.6. The number of hydrogen-bond donors (Lipinski definition) is 1. The lowest BCUT2D eigenvalue weighted by atomic mass is 9.89. The van der Waals surface area contributed by atoms with E-state index < -0.39 is 0 Å². The van der Waals surface area contributed by atoms with Gasteiger partial charge in [-0.1, -0.05) is 24.8 Å². The maximum Gasteiger partial charge on any atom is 0.282 e. The van der Waals surface area contributed by atoms with E-state index >= 15 is 0 Å². The molecule has 0 radical (unpaired) electrons. The van der Waals surface area contributed by atoms with Crippen molar-refractivity contribution in [3.8, 4) is 0 Å². The third-order valence-corrected chi connectivity index (χ3v) is 4.85. The number of thiazole rings is 1. The van der Waals surface area contributed by atoms with Crippen LogP contribution in [0.1, 0.15) is 31.4 Å². The summed E-state index contributed by atoms with van der Waals surface area (Å²) in [5.74, 6) is 0. The van der Waals surface area contributed by atoms with Crippen LogP contribution in [0.4, 0.5) is 0 Å². The van der Waals surface area contributed by atoms with E-state index in [-0.39, 0.29) is 5.54 Å². The van der Waals surface area contributed by atoms with Gasteiger partial charge in [-0.25, -0.2) is 9.98 Å². The second-order valence-corrected chi connectivity index (χ2v) is 6.55. The minimum absolute atomic E-state index is 0.186. The van der Waals surface area contributed by atoms with Crippen LogP contribution in [0.15, 0.2) is 51.8 Å². The van der Waals surface area contributed by atoms with Gasteiger partial charge in [-0.05, 0) is 30.4 Å². The molecule has 0 bridgehead atoms. The highest BCUT2D eigenvalue weighted by Gasteiger charge is 2.38. The molecule has 1 saturated carbocycles. The van der Waals surface area contributed by atoms with Crippen molar-refractivity contribution in [2.75, 3.05) is 6.61 Å². The molecule has 1 aromatic rings. The maximum absolute atomic E-state index is 5.75. The highest BCUT2D eigenvalue weighted by Crippen LogP contribution is 2.39. The fourth-order valence-corrected chi connectivity index (χ4v) is 3.72. The van der Waals surface area contributed by atoms with Gasteiger partial charge in [0, 0.05) is 18.2 Å². The van der Waals surface area contributed by atoms with Crippen LogP contribution >= 0.6 is 11.3 Å². The Hall–Kier alpha value is -1.88. The molecule has 1 unspecified atom stereocenters. The first-order valence-electron chi connectivity index (χ1n) is 7.57. The fraction of sp³-hybridized carbons (Fsp3) is 0.412. The van der Waals surface area contributed by atoms with Gasteiger partial charge < -0.3 is 10.5 Å². The van der Waals surface area contributed by atoms with E-state index in [4.69, 9.17) is 10.5 Å². The average molecular weight is 315 g/mol. The molecule has 1 aliphatic heterocycles. The Morgan fingerprint density at radius 1 is 1.45 bits per heavy atom. The summed E-state index contributed by atoms with van der Waals surface area (Å²) in [7, 11) is 0. The predicted molar refractivity (Wildman–Crippen MR) is 91.0 cm³/mol. The SMILES string of the molecule is C=CC=C1CCCC2(COC(N)=N2)CC1=CCc1cscn1. The second kappa shape index (κ2) is 6.48. The molecule has 2 heterocycles. The number of allylic oxidation sites excluding steroid dienone is 4. The largest absolute Gasteiger partial charge is 0.463 e. The predicted octanol–water partition coefficient (Wildman–Crippen LogP) is 3.38. The number of nitrogens with two attached hydrogens (primary N) is 1. The number of aliphatic imine (C=N–C) groups is 1. The molecule has 1 atom stereocenters. The van der Waals surface area contributed by atoms with Crippen molar-refractivity contribution in [1.82, 2.24) is 4.98 Å². The normalized spacial score (nSPS) is 28.6. The zero-order chi connectivity index (χ0) is 15.4. The van der Waals surface area contributed by atoms with Crippen LogP contribution < -0.4 is 5.73 Å². The number of ether oxygens (including phenoxy) is 1. The average Bonchev–Trinajstić information content (AvgIpc) is 3.09. The molecule has 3 rings (SSSR count). The van der Waals surface area contributed by atoms with Crippen molar-refractivity contribution in [3.05, 3.63) is 52.5 Å². The van der Waals surface area contributed by atoms with E-state index in [1.807, 2.05) is 11.6 Å². The highest BCUT2D eigenvalue weighted by atomic mass is 32.1. The molecule has 22 heavy (non-hydrogen) atoms. The van der Waals surface area contributed by atoms with Gasteiger partial charge in [-0.3, -0.25) is 0 Å². The topological polar surface area (TPSA) is 60.5 Å². The Morgan fingerprint density at radius 3 is 3.05 bits per heavy atom. The number of hydrogen-bond acceptors (Lipinski definition) is 5. The van der Waals surface area contributed by atoms with Crippen molar-refractivity contribution < 1.29 is 4.74 Å². The van der Waals surface area contributed by atoms with Gasteiger partial charge in [-0.15, -0.1) is 11.3 Å². The smallest absolute Gasteiger partial charge is 0.282 e. The fourth-order valence-electron chi connectivity index (χ4n) is 3.15. The molecule has 4 nitrogen and oxygen atoms in total. The Balaban J connectivity index is 1.87. The molecular formula is C17H21N3OS. The minimum atomic E-state index is -0.186. The maximum atomic E-state index is 5.75. The summed E-state index contributed by atoms with van der Waals surface area (Å²) >= 11 is 1.63. The van der Waals surface area contributed by atoms with Crippen LogP contribution in [-0.2, 0) is 11.2 Å². The standard InChI is InChI=1S/C17H21N3OS/c1-2-4-13-5-3-8-17(11-21-16(18)20-17)9-14(13)6-7-15-10-22-12-19-15/h2,4,6,10,12H,1,3,5,7-9,11H2,(H2,18,20). The summed E-state index contributed by atoms with van der Waals surface area (Å²) in [5, 5.41) is 2.09. The van der Waals surface area contributed by atoms with Crippen molar-refractivity contribution in [1.29, 1.82) is 0 Å². The van der Waals surface area contributed by atoms with Gasteiger partial charge in [0.1, 0.15) is 12.1 Å². The van der Waals surface area contributed by atoms with Crippen molar-refractivity contribution in [2.24, 2.45) is 10.7 Å². The molecule has 5 heteroatoms. The number of nitrogens with zero attached hydrogens (tertiary/aromatic N) is 2. The zero-order valence-corrected chi connectivity index (χ0v) is 13.4. The first-order valence-corrected chi connectivity index (χ1v) is 8.51. The lowest BCUT2D eigenvalue weighted by molar-refractivity contribution is 0.242. The third kappa shape index (κ3) is 3.30. The lowest BCUT2D eigenvalue weighted by Gasteiger charge is -2.22. The summed E-state index contributed by atoms with van der Waals surface area (Å²) in [6.45, 7) is 4.44. The van der Waals surface area contributed by atoms with E-state index in [0.29, 0.717) is 12.6 Å². The Kier molecular flexibility index (Phi) is 4.43. The van der Waals surface area contributed by atoms with E-state index in [2.05, 4.69) is 34.1 Å². The Morgan fingerprint density at radius 2 is 2.36 bits per heavy atom. The summed E-state index contributed by atoms with van der Waals surface area (Å²) < 4.78 is 5.45. The van der Waals surface area contributed by atoms with Crippen LogP contribution in [0, 0.1) is 0 Å². The molecule has 0 saturated heterocycles. The highest BCUT2D eigenvalue weighted by molar-refractivity contribution is 7.07. The molecule has 2 aliphatic rings. The molecule has 2 N–H and O–H groups in total. The van der Waals surface area contributed by atoms with Crippen LogP contribution in [0.2, 0.25) is 0 Å². The Labute approximate surface area is 135 Å². The molecule has 1 fully saturated rings. The first-order chi connectivity index (χ1) is 10.7. The van der Waals surface area contributed by atoms with Gasteiger partial charge in [0.05, 0.1) is 11.2 Å². The number of rotatable bonds is 3. The van der Waals surface area contributed by atoms with E-state index in [0.717, 1.165) is 37.8 Å². The van der Waals surface area contributed by atoms with Crippen LogP contribution in [-0.4, -0.2) is 23.2 Å². The van der Waals surface area contributed by atoms with Gasteiger partial charge in [0.2, 0.25) is 0 Å². The van der Waals surface area contributed by atoms with Crippen LogP contribution in [0.25, 0.3) is 0 Å². The number of aromatic nitrogens is 1. The van der Waals surface area contributed by atoms with Gasteiger partial charge in [-0.2, -0.15) is 0 Å². The summed E-state index contributed by atoms with van der Waals surface area (Å²) in [6.07, 6.45) is 11.1.